The number of carbonyl (C=O) groups is 3. The fourth-order valence-corrected chi connectivity index (χ4v) is 2.69. The summed E-state index contributed by atoms with van der Waals surface area (Å²) in [5.74, 6) is -0.715. The summed E-state index contributed by atoms with van der Waals surface area (Å²) in [5, 5.41) is 3.93. The van der Waals surface area contributed by atoms with Crippen molar-refractivity contribution < 1.29 is 28.7 Å². The summed E-state index contributed by atoms with van der Waals surface area (Å²) in [4.78, 5) is 41.2. The number of hydrogen-bond donors (Lipinski definition) is 0. The summed E-state index contributed by atoms with van der Waals surface area (Å²) in [6.45, 7) is 3.68. The lowest BCUT2D eigenvalue weighted by atomic mass is 9.89. The maximum Gasteiger partial charge on any atom is 0.335 e. The van der Waals surface area contributed by atoms with Gasteiger partial charge in [-0.2, -0.15) is 0 Å². The second kappa shape index (κ2) is 8.42. The molecule has 138 valence electrons. The minimum atomic E-state index is -0.448. The van der Waals surface area contributed by atoms with Crippen molar-refractivity contribution in [3.05, 3.63) is 34.9 Å². The Morgan fingerprint density at radius 2 is 1.69 bits per heavy atom. The normalized spacial score (nSPS) is 13.5. The predicted molar refractivity (Wildman–Crippen MR) is 95.2 cm³/mol. The number of oxime groups is 1. The fraction of sp³-hybridized carbons (Fsp3) is 0.368. The third-order valence-electron chi connectivity index (χ3n) is 3.90. The summed E-state index contributed by atoms with van der Waals surface area (Å²) in [7, 11) is 2.81. The molecule has 0 saturated heterocycles. The molecule has 0 heterocycles. The molecule has 2 rings (SSSR count). The number of carbonyl (C=O) groups excluding carboxylic acids is 3. The van der Waals surface area contributed by atoms with Crippen LogP contribution in [0.5, 0.6) is 11.5 Å². The first-order chi connectivity index (χ1) is 12.5. The van der Waals surface area contributed by atoms with Crippen LogP contribution >= 0.6 is 0 Å². The molecule has 7 heteroatoms. The average molecular weight is 359 g/mol. The smallest absolute Gasteiger partial charge is 0.335 e. The van der Waals surface area contributed by atoms with Gasteiger partial charge in [-0.3, -0.25) is 9.59 Å². The van der Waals surface area contributed by atoms with Crippen molar-refractivity contribution in [2.24, 2.45) is 5.16 Å². The van der Waals surface area contributed by atoms with Crippen LogP contribution < -0.4 is 9.47 Å². The van der Waals surface area contributed by atoms with Crippen molar-refractivity contribution in [3.63, 3.8) is 0 Å². The quantitative estimate of drug-likeness (QED) is 0.422. The molecular formula is C19H21NO6. The van der Waals surface area contributed by atoms with E-state index in [1.165, 1.54) is 26.4 Å². The number of hydrogen-bond acceptors (Lipinski definition) is 7. The van der Waals surface area contributed by atoms with Crippen LogP contribution in [0.3, 0.4) is 0 Å². The van der Waals surface area contributed by atoms with Gasteiger partial charge in [0.15, 0.2) is 11.6 Å². The predicted octanol–water partition coefficient (Wildman–Crippen LogP) is 3.10. The van der Waals surface area contributed by atoms with Crippen molar-refractivity contribution in [2.75, 3.05) is 14.2 Å². The minimum absolute atomic E-state index is 0.121. The number of methoxy groups -OCH3 is 2. The molecule has 0 amide bonds. The van der Waals surface area contributed by atoms with E-state index >= 15 is 0 Å². The first-order valence-corrected chi connectivity index (χ1v) is 8.31. The molecule has 0 saturated carbocycles. The highest BCUT2D eigenvalue weighted by Crippen LogP contribution is 2.38. The van der Waals surface area contributed by atoms with Gasteiger partial charge in [0.2, 0.25) is 0 Å². The molecule has 0 fully saturated rings. The second-order valence-corrected chi connectivity index (χ2v) is 5.58. The van der Waals surface area contributed by atoms with E-state index in [1.54, 1.807) is 6.07 Å². The number of ether oxygens (including phenoxy) is 2. The van der Waals surface area contributed by atoms with Crippen LogP contribution in [0.4, 0.5) is 0 Å². The fourth-order valence-electron chi connectivity index (χ4n) is 2.69. The van der Waals surface area contributed by atoms with Gasteiger partial charge >= 0.3 is 5.97 Å². The number of benzene rings is 1. The maximum absolute atomic E-state index is 12.4. The zero-order chi connectivity index (χ0) is 19.3. The molecule has 1 aliphatic carbocycles. The topological polar surface area (TPSA) is 91.3 Å². The number of ketones is 2. The molecular weight excluding hydrogens is 338 g/mol. The Kier molecular flexibility index (Phi) is 6.27. The van der Waals surface area contributed by atoms with Crippen LogP contribution in [-0.2, 0) is 9.63 Å². The van der Waals surface area contributed by atoms with E-state index in [2.05, 4.69) is 5.16 Å². The lowest BCUT2D eigenvalue weighted by molar-refractivity contribution is -0.143. The Hall–Kier alpha value is -2.96. The van der Waals surface area contributed by atoms with Gasteiger partial charge in [0.05, 0.1) is 31.1 Å². The van der Waals surface area contributed by atoms with Gasteiger partial charge in [-0.05, 0) is 31.1 Å². The Morgan fingerprint density at radius 3 is 2.23 bits per heavy atom. The number of nitrogens with zero attached hydrogens (tertiary/aromatic N) is 1. The van der Waals surface area contributed by atoms with E-state index in [1.807, 2.05) is 13.8 Å². The van der Waals surface area contributed by atoms with Crippen molar-refractivity contribution in [3.8, 4) is 11.5 Å². The second-order valence-electron chi connectivity index (χ2n) is 5.58. The van der Waals surface area contributed by atoms with E-state index in [9.17, 15) is 14.4 Å². The zero-order valence-corrected chi connectivity index (χ0v) is 15.3. The SMILES string of the molecule is CCCC(=O)ON=C(CC)c1cc(OC)c2c(c1OC)C(=O)C=CC2=O. The summed E-state index contributed by atoms with van der Waals surface area (Å²) >= 11 is 0. The summed E-state index contributed by atoms with van der Waals surface area (Å²) in [5.41, 5.74) is 1.11. The van der Waals surface area contributed by atoms with Crippen LogP contribution in [0.2, 0.25) is 0 Å². The van der Waals surface area contributed by atoms with E-state index in [-0.39, 0.29) is 40.6 Å². The van der Waals surface area contributed by atoms with Crippen molar-refractivity contribution in [1.82, 2.24) is 0 Å². The standard InChI is InChI=1S/C19H21NO6/c1-5-7-16(23)26-20-12(6-2)11-10-15(24-3)17-13(21)8-9-14(22)18(17)19(11)25-4/h8-10H,5-7H2,1-4H3. The van der Waals surface area contributed by atoms with E-state index in [0.717, 1.165) is 0 Å². The molecule has 26 heavy (non-hydrogen) atoms. The number of rotatable bonds is 7. The highest BCUT2D eigenvalue weighted by Gasteiger charge is 2.30. The monoisotopic (exact) mass is 359 g/mol. The molecule has 1 aromatic rings. The Labute approximate surface area is 151 Å². The third-order valence-corrected chi connectivity index (χ3v) is 3.90. The Bertz CT molecular complexity index is 807. The summed E-state index contributed by atoms with van der Waals surface area (Å²) < 4.78 is 10.7. The molecule has 0 aliphatic heterocycles. The lowest BCUT2D eigenvalue weighted by Crippen LogP contribution is -2.18. The number of fused-ring (bicyclic) bond motifs is 1. The molecule has 0 unspecified atom stereocenters. The summed E-state index contributed by atoms with van der Waals surface area (Å²) in [6, 6.07) is 1.57. The molecule has 1 aromatic carbocycles. The van der Waals surface area contributed by atoms with Gasteiger partial charge in [-0.15, -0.1) is 0 Å². The molecule has 0 spiro atoms. The van der Waals surface area contributed by atoms with E-state index in [4.69, 9.17) is 14.3 Å². The van der Waals surface area contributed by atoms with Crippen LogP contribution in [0, 0.1) is 0 Å². The van der Waals surface area contributed by atoms with Gasteiger partial charge in [0.1, 0.15) is 11.5 Å². The van der Waals surface area contributed by atoms with E-state index < -0.39 is 5.97 Å². The highest BCUT2D eigenvalue weighted by atomic mass is 16.7. The van der Waals surface area contributed by atoms with Gasteiger partial charge in [0, 0.05) is 12.0 Å². The third kappa shape index (κ3) is 3.66. The minimum Gasteiger partial charge on any atom is -0.496 e. The average Bonchev–Trinajstić information content (AvgIpc) is 2.64. The van der Waals surface area contributed by atoms with Gasteiger partial charge in [-0.1, -0.05) is 19.0 Å². The first kappa shape index (κ1) is 19.4. The number of allylic oxidation sites excluding steroid dienone is 2. The molecule has 0 aromatic heterocycles. The van der Waals surface area contributed by atoms with Gasteiger partial charge in [-0.25, -0.2) is 4.79 Å². The molecule has 0 atom stereocenters. The molecule has 0 N–H and O–H groups in total. The van der Waals surface area contributed by atoms with Crippen LogP contribution in [0.25, 0.3) is 0 Å². The summed E-state index contributed by atoms with van der Waals surface area (Å²) in [6.07, 6.45) is 3.71. The van der Waals surface area contributed by atoms with Crippen LogP contribution in [0.1, 0.15) is 59.4 Å². The maximum atomic E-state index is 12.4. The largest absolute Gasteiger partial charge is 0.496 e. The van der Waals surface area contributed by atoms with Gasteiger partial charge < -0.3 is 14.3 Å². The molecule has 0 bridgehead atoms. The molecule has 7 nitrogen and oxygen atoms in total. The van der Waals surface area contributed by atoms with Crippen molar-refractivity contribution in [2.45, 2.75) is 33.1 Å². The lowest BCUT2D eigenvalue weighted by Gasteiger charge is -2.20. The molecule has 1 aliphatic rings. The zero-order valence-electron chi connectivity index (χ0n) is 15.3. The molecule has 0 radical (unpaired) electrons. The van der Waals surface area contributed by atoms with Crippen LogP contribution in [-0.4, -0.2) is 37.5 Å². The van der Waals surface area contributed by atoms with Crippen molar-refractivity contribution >= 4 is 23.2 Å². The van der Waals surface area contributed by atoms with E-state index in [0.29, 0.717) is 24.1 Å². The van der Waals surface area contributed by atoms with Crippen LogP contribution in [0.15, 0.2) is 23.4 Å². The highest BCUT2D eigenvalue weighted by molar-refractivity contribution is 6.25. The Balaban J connectivity index is 2.64. The Morgan fingerprint density at radius 1 is 1.04 bits per heavy atom. The first-order valence-electron chi connectivity index (χ1n) is 8.31. The van der Waals surface area contributed by atoms with Gasteiger partial charge in [0.25, 0.3) is 0 Å². The van der Waals surface area contributed by atoms with Crippen molar-refractivity contribution in [1.29, 1.82) is 0 Å².